The molecule has 10 nitrogen and oxygen atoms in total. The fourth-order valence-corrected chi connectivity index (χ4v) is 3.92. The highest BCUT2D eigenvalue weighted by molar-refractivity contribution is 5.74. The van der Waals surface area contributed by atoms with Crippen molar-refractivity contribution in [3.63, 3.8) is 0 Å². The van der Waals surface area contributed by atoms with Crippen molar-refractivity contribution in [1.82, 2.24) is 15.3 Å². The third kappa shape index (κ3) is 8.16. The number of methoxy groups -OCH3 is 1. The van der Waals surface area contributed by atoms with Gasteiger partial charge in [0.05, 0.1) is 7.11 Å². The summed E-state index contributed by atoms with van der Waals surface area (Å²) in [6, 6.07) is 23.9. The van der Waals surface area contributed by atoms with Gasteiger partial charge in [0.15, 0.2) is 11.5 Å². The summed E-state index contributed by atoms with van der Waals surface area (Å²) in [4.78, 5) is 20.4. The van der Waals surface area contributed by atoms with Gasteiger partial charge in [-0.2, -0.15) is 0 Å². The first-order chi connectivity index (χ1) is 19.0. The zero-order valence-electron chi connectivity index (χ0n) is 21.6. The largest absolute Gasteiger partial charge is 0.493 e. The van der Waals surface area contributed by atoms with Crippen LogP contribution in [0, 0.1) is 0 Å². The lowest BCUT2D eigenvalue weighted by atomic mass is 10.1. The molecule has 1 atom stereocenters. The molecule has 202 valence electrons. The Morgan fingerprint density at radius 3 is 2.31 bits per heavy atom. The van der Waals surface area contributed by atoms with Crippen LogP contribution in [0.15, 0.2) is 85.2 Å². The lowest BCUT2D eigenvalue weighted by molar-refractivity contribution is -0.139. The number of ether oxygens (including phenoxy) is 2. The Hall–Kier alpha value is -4.67. The number of aliphatic carboxylic acids is 1. The molecule has 0 aliphatic heterocycles. The molecule has 4 rings (SSSR count). The van der Waals surface area contributed by atoms with E-state index in [0.717, 1.165) is 22.5 Å². The molecule has 6 N–H and O–H groups in total. The molecule has 0 radical (unpaired) electrons. The molecule has 0 saturated carbocycles. The Morgan fingerprint density at radius 2 is 1.62 bits per heavy atom. The molecule has 3 aromatic carbocycles. The van der Waals surface area contributed by atoms with Gasteiger partial charge in [-0.15, -0.1) is 0 Å². The second-order valence-electron chi connectivity index (χ2n) is 8.70. The average Bonchev–Trinajstić information content (AvgIpc) is 2.95. The molecule has 0 aliphatic rings. The van der Waals surface area contributed by atoms with Crippen molar-refractivity contribution >= 4 is 29.0 Å². The minimum absolute atomic E-state index is 0.375. The zero-order valence-corrected chi connectivity index (χ0v) is 21.6. The van der Waals surface area contributed by atoms with Gasteiger partial charge in [0.25, 0.3) is 0 Å². The van der Waals surface area contributed by atoms with E-state index in [9.17, 15) is 9.90 Å². The molecule has 0 bridgehead atoms. The summed E-state index contributed by atoms with van der Waals surface area (Å²) in [6.45, 7) is 1.18. The number of hydrogen-bond acceptors (Lipinski definition) is 9. The number of carboxylic acid groups (broad SMARTS) is 1. The maximum Gasteiger partial charge on any atom is 0.321 e. The molecule has 4 aromatic rings. The van der Waals surface area contributed by atoms with Crippen molar-refractivity contribution in [3.05, 3.63) is 96.3 Å². The van der Waals surface area contributed by atoms with Gasteiger partial charge in [0, 0.05) is 36.6 Å². The van der Waals surface area contributed by atoms with E-state index in [1.807, 2.05) is 72.8 Å². The van der Waals surface area contributed by atoms with E-state index >= 15 is 0 Å². The van der Waals surface area contributed by atoms with E-state index in [4.69, 9.17) is 15.2 Å². The normalized spacial score (nSPS) is 11.4. The van der Waals surface area contributed by atoms with Gasteiger partial charge >= 0.3 is 5.97 Å². The van der Waals surface area contributed by atoms with Crippen LogP contribution >= 0.6 is 0 Å². The number of rotatable bonds is 14. The first kappa shape index (κ1) is 27.4. The molecule has 0 spiro atoms. The lowest BCUT2D eigenvalue weighted by Crippen LogP contribution is -2.38. The first-order valence-corrected chi connectivity index (χ1v) is 12.5. The highest BCUT2D eigenvalue weighted by Crippen LogP contribution is 2.31. The van der Waals surface area contributed by atoms with Crippen LogP contribution in [0.5, 0.6) is 11.5 Å². The summed E-state index contributed by atoms with van der Waals surface area (Å²) < 4.78 is 11.0. The number of hydrogen-bond donors (Lipinski definition) is 5. The summed E-state index contributed by atoms with van der Waals surface area (Å²) in [7, 11) is 1.58. The number of aromatic nitrogens is 2. The van der Waals surface area contributed by atoms with E-state index in [1.54, 1.807) is 13.2 Å². The zero-order chi connectivity index (χ0) is 27.5. The molecule has 1 aromatic heterocycles. The lowest BCUT2D eigenvalue weighted by Gasteiger charge is -2.15. The van der Waals surface area contributed by atoms with E-state index in [-0.39, 0.29) is 0 Å². The maximum absolute atomic E-state index is 11.8. The molecular formula is C29H32N6O4. The number of nitrogens with two attached hydrogens (primary N) is 1. The van der Waals surface area contributed by atoms with Crippen molar-refractivity contribution in [3.8, 4) is 11.5 Å². The van der Waals surface area contributed by atoms with E-state index in [1.165, 1.54) is 6.33 Å². The minimum Gasteiger partial charge on any atom is -0.493 e. The first-order valence-electron chi connectivity index (χ1n) is 12.5. The van der Waals surface area contributed by atoms with Crippen LogP contribution in [-0.2, 0) is 17.8 Å². The SMILES string of the molecule is COc1ccc(Nc2cc(Nc3cccc(CN[C@@H](Cc4ccccc4)C(=O)O)c3)ncn2)cc1OCCN. The molecule has 1 heterocycles. The second kappa shape index (κ2) is 13.8. The predicted molar refractivity (Wildman–Crippen MR) is 151 cm³/mol. The van der Waals surface area contributed by atoms with E-state index in [2.05, 4.69) is 25.9 Å². The topological polar surface area (TPSA) is 144 Å². The molecule has 10 heteroatoms. The molecule has 39 heavy (non-hydrogen) atoms. The number of carboxylic acids is 1. The molecule has 0 aliphatic carbocycles. The van der Waals surface area contributed by atoms with Gasteiger partial charge < -0.3 is 36.3 Å². The molecular weight excluding hydrogens is 496 g/mol. The van der Waals surface area contributed by atoms with Crippen LogP contribution in [0.1, 0.15) is 11.1 Å². The summed E-state index contributed by atoms with van der Waals surface area (Å²) in [5, 5.41) is 19.3. The predicted octanol–water partition coefficient (Wildman–Crippen LogP) is 4.10. The van der Waals surface area contributed by atoms with E-state index in [0.29, 0.717) is 49.3 Å². The van der Waals surface area contributed by atoms with Gasteiger partial charge in [-0.1, -0.05) is 42.5 Å². The van der Waals surface area contributed by atoms with Crippen molar-refractivity contribution < 1.29 is 19.4 Å². The molecule has 0 saturated heterocycles. The number of nitrogens with zero attached hydrogens (tertiary/aromatic N) is 2. The Labute approximate surface area is 227 Å². The summed E-state index contributed by atoms with van der Waals surface area (Å²) in [5.74, 6) is 1.50. The minimum atomic E-state index is -0.885. The number of anilines is 4. The molecule has 0 unspecified atom stereocenters. The van der Waals surface area contributed by atoms with Crippen LogP contribution in [0.2, 0.25) is 0 Å². The van der Waals surface area contributed by atoms with Crippen molar-refractivity contribution in [2.45, 2.75) is 19.0 Å². The van der Waals surface area contributed by atoms with Crippen LogP contribution < -0.4 is 31.2 Å². The fourth-order valence-electron chi connectivity index (χ4n) is 3.92. The third-order valence-electron chi connectivity index (χ3n) is 5.81. The summed E-state index contributed by atoms with van der Waals surface area (Å²) in [5.41, 5.74) is 9.05. The van der Waals surface area contributed by atoms with Crippen LogP contribution in [0.3, 0.4) is 0 Å². The Bertz CT molecular complexity index is 1370. The van der Waals surface area contributed by atoms with Crippen LogP contribution in [0.4, 0.5) is 23.0 Å². The summed E-state index contributed by atoms with van der Waals surface area (Å²) >= 11 is 0. The van der Waals surface area contributed by atoms with Crippen LogP contribution in [-0.4, -0.2) is 47.3 Å². The highest BCUT2D eigenvalue weighted by Gasteiger charge is 2.17. The van der Waals surface area contributed by atoms with Gasteiger partial charge in [0.2, 0.25) is 0 Å². The van der Waals surface area contributed by atoms with E-state index < -0.39 is 12.0 Å². The number of benzene rings is 3. The molecule has 0 amide bonds. The van der Waals surface area contributed by atoms with Crippen molar-refractivity contribution in [1.29, 1.82) is 0 Å². The van der Waals surface area contributed by atoms with Crippen molar-refractivity contribution in [2.24, 2.45) is 5.73 Å². The Morgan fingerprint density at radius 1 is 0.897 bits per heavy atom. The van der Waals surface area contributed by atoms with Crippen molar-refractivity contribution in [2.75, 3.05) is 30.9 Å². The molecule has 0 fully saturated rings. The Kier molecular flexibility index (Phi) is 9.65. The van der Waals surface area contributed by atoms with Crippen LogP contribution in [0.25, 0.3) is 0 Å². The van der Waals surface area contributed by atoms with Gasteiger partial charge in [-0.25, -0.2) is 9.97 Å². The second-order valence-corrected chi connectivity index (χ2v) is 8.70. The Balaban J connectivity index is 1.39. The van der Waals surface area contributed by atoms with Gasteiger partial charge in [0.1, 0.15) is 30.6 Å². The fraction of sp³-hybridized carbons (Fsp3) is 0.207. The standard InChI is InChI=1S/C29H32N6O4/c1-38-25-11-10-23(16-26(25)39-13-12-30)35-28-17-27(32-19-33-28)34-22-9-5-8-21(14-22)18-31-24(29(36)37)15-20-6-3-2-4-7-20/h2-11,14,16-17,19,24,31H,12-13,15,18,30H2,1H3,(H,36,37)(H2,32,33,34,35)/t24-/m0/s1. The summed E-state index contributed by atoms with van der Waals surface area (Å²) in [6.07, 6.45) is 1.87. The highest BCUT2D eigenvalue weighted by atomic mass is 16.5. The average molecular weight is 529 g/mol. The van der Waals surface area contributed by atoms with Gasteiger partial charge in [-0.05, 0) is 41.8 Å². The number of nitrogens with one attached hydrogen (secondary N) is 3. The monoisotopic (exact) mass is 528 g/mol. The quantitative estimate of drug-likeness (QED) is 0.162. The maximum atomic E-state index is 11.8. The van der Waals surface area contributed by atoms with Gasteiger partial charge in [-0.3, -0.25) is 4.79 Å². The number of carbonyl (C=O) groups is 1. The third-order valence-corrected chi connectivity index (χ3v) is 5.81. The smallest absolute Gasteiger partial charge is 0.321 e.